The lowest BCUT2D eigenvalue weighted by atomic mass is 9.99. The fourth-order valence-electron chi connectivity index (χ4n) is 1.59. The van der Waals surface area contributed by atoms with Crippen LogP contribution in [0.5, 0.6) is 0 Å². The molecule has 108 valence electrons. The molecule has 0 amide bonds. The minimum absolute atomic E-state index is 0.0876. The summed E-state index contributed by atoms with van der Waals surface area (Å²) in [6.07, 6.45) is -5.42. The number of aliphatic hydroxyl groups is 5. The van der Waals surface area contributed by atoms with Gasteiger partial charge in [-0.25, -0.2) is 0 Å². The highest BCUT2D eigenvalue weighted by Gasteiger charge is 2.43. The molecule has 19 heavy (non-hydrogen) atoms. The number of hydrogen-bond donors (Lipinski definition) is 5. The second-order valence-corrected chi connectivity index (χ2v) is 4.03. The molecule has 1 saturated heterocycles. The molecule has 8 heteroatoms. The van der Waals surface area contributed by atoms with Crippen molar-refractivity contribution in [3.63, 3.8) is 0 Å². The monoisotopic (exact) mass is 275 g/mol. The first-order valence-corrected chi connectivity index (χ1v) is 5.67. The third-order valence-electron chi connectivity index (χ3n) is 2.75. The predicted molar refractivity (Wildman–Crippen MR) is 60.5 cm³/mol. The SMILES string of the molecule is N#C/C(=C\CO[C@@H]1O[C@H](CO)[C@@H](O)[C@H](O)[C@H]1O)CO. The van der Waals surface area contributed by atoms with Gasteiger partial charge in [0.1, 0.15) is 24.4 Å². The number of hydrogen-bond acceptors (Lipinski definition) is 8. The van der Waals surface area contributed by atoms with Gasteiger partial charge in [0, 0.05) is 0 Å². The van der Waals surface area contributed by atoms with E-state index in [9.17, 15) is 15.3 Å². The van der Waals surface area contributed by atoms with Crippen molar-refractivity contribution in [2.75, 3.05) is 19.8 Å². The first kappa shape index (κ1) is 16.0. The van der Waals surface area contributed by atoms with E-state index in [0.29, 0.717) is 0 Å². The number of rotatable bonds is 5. The minimum atomic E-state index is -1.51. The van der Waals surface area contributed by atoms with Crippen molar-refractivity contribution < 1.29 is 35.0 Å². The summed E-state index contributed by atoms with van der Waals surface area (Å²) in [5, 5.41) is 54.9. The summed E-state index contributed by atoms with van der Waals surface area (Å²) in [5.74, 6) is 0. The molecule has 0 unspecified atom stereocenters. The predicted octanol–water partition coefficient (Wildman–Crippen LogP) is -2.75. The van der Waals surface area contributed by atoms with Gasteiger partial charge in [0.25, 0.3) is 0 Å². The molecule has 0 spiro atoms. The largest absolute Gasteiger partial charge is 0.394 e. The van der Waals surface area contributed by atoms with Crippen LogP contribution in [-0.2, 0) is 9.47 Å². The normalized spacial score (nSPS) is 36.0. The maximum Gasteiger partial charge on any atom is 0.187 e. The Bertz CT molecular complexity index is 351. The molecule has 8 nitrogen and oxygen atoms in total. The molecule has 1 rings (SSSR count). The molecule has 0 aromatic rings. The Morgan fingerprint density at radius 3 is 2.42 bits per heavy atom. The topological polar surface area (TPSA) is 143 Å². The van der Waals surface area contributed by atoms with Crippen LogP contribution in [0.1, 0.15) is 0 Å². The van der Waals surface area contributed by atoms with Gasteiger partial charge < -0.3 is 35.0 Å². The van der Waals surface area contributed by atoms with E-state index in [-0.39, 0.29) is 12.2 Å². The molecule has 0 aromatic carbocycles. The molecule has 0 bridgehead atoms. The zero-order valence-corrected chi connectivity index (χ0v) is 10.1. The van der Waals surface area contributed by atoms with Crippen LogP contribution in [0, 0.1) is 11.3 Å². The Morgan fingerprint density at radius 2 is 1.89 bits per heavy atom. The summed E-state index contributed by atoms with van der Waals surface area (Å²) in [4.78, 5) is 0. The van der Waals surface area contributed by atoms with Crippen molar-refractivity contribution in [1.82, 2.24) is 0 Å². The van der Waals surface area contributed by atoms with E-state index < -0.39 is 43.9 Å². The van der Waals surface area contributed by atoms with E-state index in [1.54, 1.807) is 6.07 Å². The maximum atomic E-state index is 9.62. The fraction of sp³-hybridized carbons (Fsp3) is 0.727. The summed E-state index contributed by atoms with van der Waals surface area (Å²) in [5.41, 5.74) is 0.0876. The third kappa shape index (κ3) is 3.95. The molecular weight excluding hydrogens is 258 g/mol. The van der Waals surface area contributed by atoms with Gasteiger partial charge in [-0.05, 0) is 6.08 Å². The van der Waals surface area contributed by atoms with Gasteiger partial charge >= 0.3 is 0 Å². The van der Waals surface area contributed by atoms with Gasteiger partial charge in [-0.1, -0.05) is 0 Å². The van der Waals surface area contributed by atoms with Gasteiger partial charge in [-0.3, -0.25) is 0 Å². The zero-order valence-electron chi connectivity index (χ0n) is 10.1. The second kappa shape index (κ2) is 7.52. The number of nitriles is 1. The van der Waals surface area contributed by atoms with Crippen LogP contribution in [0.2, 0.25) is 0 Å². The van der Waals surface area contributed by atoms with E-state index in [0.717, 1.165) is 0 Å². The lowest BCUT2D eigenvalue weighted by Crippen LogP contribution is -2.59. The maximum absolute atomic E-state index is 9.62. The van der Waals surface area contributed by atoms with E-state index in [1.165, 1.54) is 6.08 Å². The van der Waals surface area contributed by atoms with Crippen LogP contribution >= 0.6 is 0 Å². The van der Waals surface area contributed by atoms with Crippen molar-refractivity contribution in [3.05, 3.63) is 11.6 Å². The highest BCUT2D eigenvalue weighted by atomic mass is 16.7. The highest BCUT2D eigenvalue weighted by molar-refractivity contribution is 5.20. The van der Waals surface area contributed by atoms with Crippen molar-refractivity contribution in [2.45, 2.75) is 30.7 Å². The Kier molecular flexibility index (Phi) is 6.33. The molecule has 5 N–H and O–H groups in total. The Hall–Kier alpha value is -1.05. The van der Waals surface area contributed by atoms with E-state index in [4.69, 9.17) is 24.9 Å². The quantitative estimate of drug-likeness (QED) is 0.340. The van der Waals surface area contributed by atoms with Crippen molar-refractivity contribution in [3.8, 4) is 6.07 Å². The Balaban J connectivity index is 2.58. The molecule has 1 heterocycles. The van der Waals surface area contributed by atoms with E-state index >= 15 is 0 Å². The minimum Gasteiger partial charge on any atom is -0.394 e. The lowest BCUT2D eigenvalue weighted by Gasteiger charge is -2.39. The first-order chi connectivity index (χ1) is 9.04. The molecule has 5 atom stereocenters. The van der Waals surface area contributed by atoms with Gasteiger partial charge in [-0.2, -0.15) is 5.26 Å². The molecule has 0 aromatic heterocycles. The van der Waals surface area contributed by atoms with Crippen LogP contribution in [-0.4, -0.2) is 76.1 Å². The van der Waals surface area contributed by atoms with Crippen molar-refractivity contribution >= 4 is 0 Å². The first-order valence-electron chi connectivity index (χ1n) is 5.67. The lowest BCUT2D eigenvalue weighted by molar-refractivity contribution is -0.298. The summed E-state index contributed by atoms with van der Waals surface area (Å²) in [6.45, 7) is -1.11. The summed E-state index contributed by atoms with van der Waals surface area (Å²) >= 11 is 0. The number of ether oxygens (including phenoxy) is 2. The zero-order chi connectivity index (χ0) is 14.4. The molecule has 0 saturated carbocycles. The highest BCUT2D eigenvalue weighted by Crippen LogP contribution is 2.21. The fourth-order valence-corrected chi connectivity index (χ4v) is 1.59. The van der Waals surface area contributed by atoms with Crippen LogP contribution in [0.4, 0.5) is 0 Å². The van der Waals surface area contributed by atoms with Crippen molar-refractivity contribution in [1.29, 1.82) is 5.26 Å². The molecule has 1 aliphatic heterocycles. The van der Waals surface area contributed by atoms with Crippen LogP contribution in [0.3, 0.4) is 0 Å². The van der Waals surface area contributed by atoms with Crippen LogP contribution in [0.15, 0.2) is 11.6 Å². The molecular formula is C11H17NO7. The molecule has 1 fully saturated rings. The molecule has 0 radical (unpaired) electrons. The standard InChI is InChI=1S/C11H17NO7/c12-3-6(4-13)1-2-18-11-10(17)9(16)8(15)7(5-14)19-11/h1,7-11,13-17H,2,4-5H2/b6-1+/t7-,8-,9+,10-,11-/m1/s1. The Morgan fingerprint density at radius 1 is 1.21 bits per heavy atom. The third-order valence-corrected chi connectivity index (χ3v) is 2.75. The van der Waals surface area contributed by atoms with E-state index in [2.05, 4.69) is 0 Å². The van der Waals surface area contributed by atoms with Crippen LogP contribution in [0.25, 0.3) is 0 Å². The molecule has 0 aliphatic carbocycles. The van der Waals surface area contributed by atoms with Gasteiger partial charge in [-0.15, -0.1) is 0 Å². The molecule has 1 aliphatic rings. The second-order valence-electron chi connectivity index (χ2n) is 4.03. The van der Waals surface area contributed by atoms with Gasteiger partial charge in [0.2, 0.25) is 0 Å². The summed E-state index contributed by atoms with van der Waals surface area (Å²) in [7, 11) is 0. The number of nitrogens with zero attached hydrogens (tertiary/aromatic N) is 1. The Labute approximate surface area is 109 Å². The van der Waals surface area contributed by atoms with E-state index in [1.807, 2.05) is 0 Å². The van der Waals surface area contributed by atoms with Crippen molar-refractivity contribution in [2.24, 2.45) is 0 Å². The summed E-state index contributed by atoms with van der Waals surface area (Å²) in [6, 6.07) is 1.73. The average Bonchev–Trinajstić information content (AvgIpc) is 2.43. The number of aliphatic hydroxyl groups excluding tert-OH is 5. The van der Waals surface area contributed by atoms with Gasteiger partial charge in [0.05, 0.1) is 31.5 Å². The van der Waals surface area contributed by atoms with Gasteiger partial charge in [0.15, 0.2) is 6.29 Å². The average molecular weight is 275 g/mol. The van der Waals surface area contributed by atoms with Crippen LogP contribution < -0.4 is 0 Å². The smallest absolute Gasteiger partial charge is 0.187 e. The summed E-state index contributed by atoms with van der Waals surface area (Å²) < 4.78 is 10.2.